The monoisotopic (exact) mass is 398 g/mol. The highest BCUT2D eigenvalue weighted by molar-refractivity contribution is 5.73. The molecule has 0 spiro atoms. The molecule has 2 aromatic carbocycles. The molecule has 0 aliphatic heterocycles. The molecule has 158 valence electrons. The Morgan fingerprint density at radius 3 is 2.38 bits per heavy atom. The van der Waals surface area contributed by atoms with Crippen LogP contribution in [0.5, 0.6) is 17.2 Å². The lowest BCUT2D eigenvalue weighted by Crippen LogP contribution is -2.16. The quantitative estimate of drug-likeness (QED) is 0.275. The molecule has 2 aromatic rings. The Kier molecular flexibility index (Phi) is 8.56. The van der Waals surface area contributed by atoms with Gasteiger partial charge in [-0.1, -0.05) is 58.4 Å². The van der Waals surface area contributed by atoms with Gasteiger partial charge in [-0.3, -0.25) is 4.79 Å². The summed E-state index contributed by atoms with van der Waals surface area (Å²) in [5.41, 5.74) is 1.97. The van der Waals surface area contributed by atoms with E-state index in [1.807, 2.05) is 49.4 Å². The maximum Gasteiger partial charge on any atom is 0.311 e. The Hall–Kier alpha value is -2.49. The van der Waals surface area contributed by atoms with Gasteiger partial charge in [0.2, 0.25) is 0 Å². The van der Waals surface area contributed by atoms with Crippen LogP contribution in [0.4, 0.5) is 0 Å². The van der Waals surface area contributed by atoms with E-state index in [0.717, 1.165) is 35.5 Å². The zero-order valence-electron chi connectivity index (χ0n) is 18.4. The topological polar surface area (TPSA) is 44.8 Å². The number of esters is 1. The van der Waals surface area contributed by atoms with E-state index in [-0.39, 0.29) is 11.4 Å². The molecule has 0 N–H and O–H groups in total. The number of hydrogen-bond acceptors (Lipinski definition) is 4. The molecule has 0 radical (unpaired) electrons. The molecule has 0 fully saturated rings. The third kappa shape index (κ3) is 7.12. The van der Waals surface area contributed by atoms with E-state index in [2.05, 4.69) is 27.7 Å². The van der Waals surface area contributed by atoms with Crippen LogP contribution in [0.25, 0.3) is 0 Å². The van der Waals surface area contributed by atoms with E-state index >= 15 is 0 Å². The molecule has 0 aromatic heterocycles. The fourth-order valence-electron chi connectivity index (χ4n) is 3.02. The first-order valence-electron chi connectivity index (χ1n) is 10.5. The Balaban J connectivity index is 2.00. The van der Waals surface area contributed by atoms with Gasteiger partial charge in [-0.15, -0.1) is 0 Å². The predicted octanol–water partition coefficient (Wildman–Crippen LogP) is 6.10. The van der Waals surface area contributed by atoms with Crippen LogP contribution in [-0.2, 0) is 16.6 Å². The van der Waals surface area contributed by atoms with Gasteiger partial charge in [0.05, 0.1) is 13.2 Å². The molecule has 0 unspecified atom stereocenters. The van der Waals surface area contributed by atoms with Crippen molar-refractivity contribution in [1.29, 1.82) is 0 Å². The first-order valence-corrected chi connectivity index (χ1v) is 10.5. The van der Waals surface area contributed by atoms with Crippen molar-refractivity contribution < 1.29 is 19.0 Å². The molecular weight excluding hydrogens is 364 g/mol. The molecule has 2 rings (SSSR count). The van der Waals surface area contributed by atoms with Crippen molar-refractivity contribution >= 4 is 5.97 Å². The summed E-state index contributed by atoms with van der Waals surface area (Å²) in [5.74, 6) is 1.89. The molecule has 0 aliphatic rings. The van der Waals surface area contributed by atoms with Crippen LogP contribution in [0.15, 0.2) is 42.5 Å². The van der Waals surface area contributed by atoms with E-state index in [1.54, 1.807) is 0 Å². The molecular formula is C25H34O4. The van der Waals surface area contributed by atoms with Crippen molar-refractivity contribution in [3.63, 3.8) is 0 Å². The molecule has 29 heavy (non-hydrogen) atoms. The largest absolute Gasteiger partial charge is 0.490 e. The fraction of sp³-hybridized carbons (Fsp3) is 0.480. The van der Waals surface area contributed by atoms with E-state index in [9.17, 15) is 4.79 Å². The van der Waals surface area contributed by atoms with E-state index in [0.29, 0.717) is 31.8 Å². The standard InChI is InChI=1S/C25H34O4/c1-6-8-17-28-22-15-13-19(18-23(22)27-7-2)14-16-24(26)29-21-12-10-9-11-20(21)25(3,4)5/h9-13,15,18H,6-8,14,16-17H2,1-5H3. The minimum absolute atomic E-state index is 0.0864. The second-order valence-corrected chi connectivity index (χ2v) is 8.14. The Labute approximate surface area is 175 Å². The van der Waals surface area contributed by atoms with Crippen molar-refractivity contribution in [2.24, 2.45) is 0 Å². The van der Waals surface area contributed by atoms with Crippen molar-refractivity contribution in [3.05, 3.63) is 53.6 Å². The van der Waals surface area contributed by atoms with Gasteiger partial charge in [0.25, 0.3) is 0 Å². The Morgan fingerprint density at radius 1 is 0.931 bits per heavy atom. The van der Waals surface area contributed by atoms with Gasteiger partial charge in [-0.05, 0) is 48.9 Å². The summed E-state index contributed by atoms with van der Waals surface area (Å²) in [6.45, 7) is 11.7. The third-order valence-corrected chi connectivity index (χ3v) is 4.60. The summed E-state index contributed by atoms with van der Waals surface area (Å²) in [6.07, 6.45) is 2.99. The molecule has 0 aliphatic carbocycles. The number of para-hydroxylation sites is 1. The summed E-state index contributed by atoms with van der Waals surface area (Å²) in [7, 11) is 0. The van der Waals surface area contributed by atoms with E-state index in [4.69, 9.17) is 14.2 Å². The van der Waals surface area contributed by atoms with Gasteiger partial charge in [-0.25, -0.2) is 0 Å². The number of rotatable bonds is 10. The number of carbonyl (C=O) groups is 1. The number of hydrogen-bond donors (Lipinski definition) is 0. The normalized spacial score (nSPS) is 11.2. The molecule has 0 bridgehead atoms. The maximum atomic E-state index is 12.4. The highest BCUT2D eigenvalue weighted by Crippen LogP contribution is 2.32. The maximum absolute atomic E-state index is 12.4. The van der Waals surface area contributed by atoms with Crippen LogP contribution >= 0.6 is 0 Å². The van der Waals surface area contributed by atoms with Crippen LogP contribution in [-0.4, -0.2) is 19.2 Å². The van der Waals surface area contributed by atoms with Gasteiger partial charge in [0, 0.05) is 12.0 Å². The van der Waals surface area contributed by atoms with Crippen LogP contribution in [0.3, 0.4) is 0 Å². The molecule has 0 saturated heterocycles. The summed E-state index contributed by atoms with van der Waals surface area (Å²) < 4.78 is 17.2. The minimum atomic E-state index is -0.233. The van der Waals surface area contributed by atoms with Crippen molar-refractivity contribution in [3.8, 4) is 17.2 Å². The van der Waals surface area contributed by atoms with Crippen LogP contribution in [0.1, 0.15) is 65.0 Å². The summed E-state index contributed by atoms with van der Waals surface area (Å²) in [4.78, 5) is 12.4. The third-order valence-electron chi connectivity index (χ3n) is 4.60. The van der Waals surface area contributed by atoms with Gasteiger partial charge in [0.15, 0.2) is 11.5 Å². The van der Waals surface area contributed by atoms with Crippen molar-refractivity contribution in [2.45, 2.75) is 65.7 Å². The smallest absolute Gasteiger partial charge is 0.311 e. The van der Waals surface area contributed by atoms with Crippen molar-refractivity contribution in [1.82, 2.24) is 0 Å². The van der Waals surface area contributed by atoms with Crippen LogP contribution in [0.2, 0.25) is 0 Å². The van der Waals surface area contributed by atoms with Crippen molar-refractivity contribution in [2.75, 3.05) is 13.2 Å². The number of benzene rings is 2. The highest BCUT2D eigenvalue weighted by Gasteiger charge is 2.20. The average molecular weight is 399 g/mol. The van der Waals surface area contributed by atoms with Crippen LogP contribution in [0, 0.1) is 0 Å². The zero-order valence-corrected chi connectivity index (χ0v) is 18.4. The summed E-state index contributed by atoms with van der Waals surface area (Å²) >= 11 is 0. The first kappa shape index (κ1) is 22.8. The fourth-order valence-corrected chi connectivity index (χ4v) is 3.02. The lowest BCUT2D eigenvalue weighted by Gasteiger charge is -2.22. The van der Waals surface area contributed by atoms with Gasteiger partial charge >= 0.3 is 5.97 Å². The predicted molar refractivity (Wildman–Crippen MR) is 117 cm³/mol. The van der Waals surface area contributed by atoms with E-state index in [1.165, 1.54) is 0 Å². The van der Waals surface area contributed by atoms with E-state index < -0.39 is 0 Å². The van der Waals surface area contributed by atoms with Gasteiger partial charge in [-0.2, -0.15) is 0 Å². The lowest BCUT2D eigenvalue weighted by molar-refractivity contribution is -0.134. The SMILES string of the molecule is CCCCOc1ccc(CCC(=O)Oc2ccccc2C(C)(C)C)cc1OCC. The number of unbranched alkanes of at least 4 members (excludes halogenated alkanes) is 1. The highest BCUT2D eigenvalue weighted by atomic mass is 16.5. The number of carbonyl (C=O) groups excluding carboxylic acids is 1. The first-order chi connectivity index (χ1) is 13.8. The molecule has 0 atom stereocenters. The second-order valence-electron chi connectivity index (χ2n) is 8.14. The molecule has 4 nitrogen and oxygen atoms in total. The van der Waals surface area contributed by atoms with Gasteiger partial charge < -0.3 is 14.2 Å². The number of ether oxygens (including phenoxy) is 3. The molecule has 0 saturated carbocycles. The molecule has 0 heterocycles. The molecule has 0 amide bonds. The zero-order chi connectivity index (χ0) is 21.3. The summed E-state index contributed by atoms with van der Waals surface area (Å²) in [6, 6.07) is 13.6. The van der Waals surface area contributed by atoms with Gasteiger partial charge in [0.1, 0.15) is 5.75 Å². The Morgan fingerprint density at radius 2 is 1.69 bits per heavy atom. The van der Waals surface area contributed by atoms with Crippen LogP contribution < -0.4 is 14.2 Å². The molecule has 4 heteroatoms. The minimum Gasteiger partial charge on any atom is -0.490 e. The lowest BCUT2D eigenvalue weighted by atomic mass is 9.86. The average Bonchev–Trinajstić information content (AvgIpc) is 2.68. The number of aryl methyl sites for hydroxylation is 1. The summed E-state index contributed by atoms with van der Waals surface area (Å²) in [5, 5.41) is 0. The Bertz CT molecular complexity index is 790. The second kappa shape index (κ2) is 10.9.